The zero-order valence-corrected chi connectivity index (χ0v) is 14.2. The van der Waals surface area contributed by atoms with Crippen LogP contribution in [-0.4, -0.2) is 31.2 Å². The largest absolute Gasteiger partial charge is 0.390 e. The first-order chi connectivity index (χ1) is 10.3. The van der Waals surface area contributed by atoms with E-state index in [4.69, 9.17) is 9.47 Å². The molecule has 0 bridgehead atoms. The van der Waals surface area contributed by atoms with Crippen LogP contribution in [0, 0.1) is 0 Å². The van der Waals surface area contributed by atoms with Crippen LogP contribution in [0.5, 0.6) is 0 Å². The van der Waals surface area contributed by atoms with Crippen LogP contribution in [0.2, 0.25) is 0 Å². The standard InChI is InChI=1S/C18H36O3/c1-4-6-7-8-9-10-11-12-13-14-15-17(19)18(5-2)21-16-20-3/h5,17-19H,2,4,6-16H2,1,3H3/t17-,18+/m0/s1. The van der Waals surface area contributed by atoms with Gasteiger partial charge in [0.1, 0.15) is 12.9 Å². The lowest BCUT2D eigenvalue weighted by molar-refractivity contribution is -0.0945. The average Bonchev–Trinajstić information content (AvgIpc) is 2.50. The number of unbranched alkanes of at least 4 members (excludes halogenated alkanes) is 9. The van der Waals surface area contributed by atoms with Crippen molar-refractivity contribution in [2.24, 2.45) is 0 Å². The maximum atomic E-state index is 10.0. The Balaban J connectivity index is 3.38. The van der Waals surface area contributed by atoms with Crippen LogP contribution in [0.25, 0.3) is 0 Å². The molecule has 0 saturated carbocycles. The lowest BCUT2D eigenvalue weighted by atomic mass is 10.0. The van der Waals surface area contributed by atoms with Crippen LogP contribution >= 0.6 is 0 Å². The van der Waals surface area contributed by atoms with Crippen LogP contribution < -0.4 is 0 Å². The normalized spacial score (nSPS) is 14.0. The van der Waals surface area contributed by atoms with E-state index in [9.17, 15) is 5.11 Å². The molecule has 0 fully saturated rings. The molecule has 0 aromatic carbocycles. The third-order valence-corrected chi connectivity index (χ3v) is 3.84. The molecule has 0 heterocycles. The molecular formula is C18H36O3. The minimum absolute atomic E-state index is 0.200. The maximum Gasteiger partial charge on any atom is 0.147 e. The van der Waals surface area contributed by atoms with Crippen LogP contribution in [0.3, 0.4) is 0 Å². The van der Waals surface area contributed by atoms with Crippen LogP contribution in [0.1, 0.15) is 77.6 Å². The SMILES string of the molecule is C=C[C@@H](OCOC)[C@@H](O)CCCCCCCCCCCC. The summed E-state index contributed by atoms with van der Waals surface area (Å²) in [7, 11) is 1.58. The first-order valence-corrected chi connectivity index (χ1v) is 8.67. The summed E-state index contributed by atoms with van der Waals surface area (Å²) in [5, 5.41) is 10.0. The minimum atomic E-state index is -0.466. The van der Waals surface area contributed by atoms with Gasteiger partial charge in [-0.3, -0.25) is 0 Å². The number of hydrogen-bond donors (Lipinski definition) is 1. The van der Waals surface area contributed by atoms with Gasteiger partial charge in [0.25, 0.3) is 0 Å². The molecule has 0 rings (SSSR count). The Morgan fingerprint density at radius 3 is 1.95 bits per heavy atom. The molecule has 0 radical (unpaired) electrons. The molecule has 2 atom stereocenters. The highest BCUT2D eigenvalue weighted by Gasteiger charge is 2.15. The highest BCUT2D eigenvalue weighted by atomic mass is 16.7. The van der Waals surface area contributed by atoms with Gasteiger partial charge < -0.3 is 14.6 Å². The molecule has 3 heteroatoms. The molecule has 126 valence electrons. The van der Waals surface area contributed by atoms with Gasteiger partial charge in [-0.2, -0.15) is 0 Å². The molecule has 0 aromatic rings. The topological polar surface area (TPSA) is 38.7 Å². The third-order valence-electron chi connectivity index (χ3n) is 3.84. The fourth-order valence-electron chi connectivity index (χ4n) is 2.49. The Morgan fingerprint density at radius 1 is 0.952 bits per heavy atom. The zero-order valence-electron chi connectivity index (χ0n) is 14.2. The smallest absolute Gasteiger partial charge is 0.147 e. The summed E-state index contributed by atoms with van der Waals surface area (Å²) in [6, 6.07) is 0. The van der Waals surface area contributed by atoms with Crippen LogP contribution in [0.15, 0.2) is 12.7 Å². The molecule has 3 nitrogen and oxygen atoms in total. The second kappa shape index (κ2) is 16.0. The van der Waals surface area contributed by atoms with Crippen LogP contribution in [-0.2, 0) is 9.47 Å². The summed E-state index contributed by atoms with van der Waals surface area (Å²) < 4.78 is 10.2. The molecule has 1 N–H and O–H groups in total. The third kappa shape index (κ3) is 13.0. The molecular weight excluding hydrogens is 264 g/mol. The van der Waals surface area contributed by atoms with Crippen molar-refractivity contribution in [1.82, 2.24) is 0 Å². The van der Waals surface area contributed by atoms with E-state index in [0.717, 1.165) is 12.8 Å². The van der Waals surface area contributed by atoms with Crippen molar-refractivity contribution in [2.45, 2.75) is 89.8 Å². The monoisotopic (exact) mass is 300 g/mol. The highest BCUT2D eigenvalue weighted by Crippen LogP contribution is 2.14. The molecule has 0 unspecified atom stereocenters. The van der Waals surface area contributed by atoms with Gasteiger partial charge in [-0.05, 0) is 6.42 Å². The number of ether oxygens (including phenoxy) is 2. The van der Waals surface area contributed by atoms with Crippen molar-refractivity contribution in [3.05, 3.63) is 12.7 Å². The Bertz CT molecular complexity index is 219. The van der Waals surface area contributed by atoms with Crippen molar-refractivity contribution in [3.8, 4) is 0 Å². The van der Waals surface area contributed by atoms with Crippen molar-refractivity contribution >= 4 is 0 Å². The summed E-state index contributed by atoms with van der Waals surface area (Å²) >= 11 is 0. The van der Waals surface area contributed by atoms with Crippen LogP contribution in [0.4, 0.5) is 0 Å². The lowest BCUT2D eigenvalue weighted by Gasteiger charge is -2.19. The van der Waals surface area contributed by atoms with E-state index >= 15 is 0 Å². The summed E-state index contributed by atoms with van der Waals surface area (Å²) in [4.78, 5) is 0. The number of methoxy groups -OCH3 is 1. The number of aliphatic hydroxyl groups is 1. The maximum absolute atomic E-state index is 10.0. The van der Waals surface area contributed by atoms with Gasteiger partial charge in [0.2, 0.25) is 0 Å². The van der Waals surface area contributed by atoms with Crippen molar-refractivity contribution in [1.29, 1.82) is 0 Å². The van der Waals surface area contributed by atoms with Gasteiger partial charge >= 0.3 is 0 Å². The number of rotatable bonds is 16. The van der Waals surface area contributed by atoms with E-state index in [1.807, 2.05) is 0 Å². The van der Waals surface area contributed by atoms with E-state index in [1.54, 1.807) is 13.2 Å². The predicted octanol–water partition coefficient (Wildman–Crippen LogP) is 4.83. The minimum Gasteiger partial charge on any atom is -0.390 e. The van der Waals surface area contributed by atoms with Gasteiger partial charge in [-0.1, -0.05) is 77.2 Å². The van der Waals surface area contributed by atoms with Gasteiger partial charge in [0.15, 0.2) is 0 Å². The number of aliphatic hydroxyl groups excluding tert-OH is 1. The molecule has 21 heavy (non-hydrogen) atoms. The summed E-state index contributed by atoms with van der Waals surface area (Å²) in [5.41, 5.74) is 0. The lowest BCUT2D eigenvalue weighted by Crippen LogP contribution is -2.27. The fourth-order valence-corrected chi connectivity index (χ4v) is 2.49. The van der Waals surface area contributed by atoms with Crippen molar-refractivity contribution < 1.29 is 14.6 Å². The Morgan fingerprint density at radius 2 is 1.48 bits per heavy atom. The summed E-state index contributed by atoms with van der Waals surface area (Å²) in [6.07, 6.45) is 14.7. The predicted molar refractivity (Wildman–Crippen MR) is 89.4 cm³/mol. The molecule has 0 aliphatic carbocycles. The van der Waals surface area contributed by atoms with E-state index in [-0.39, 0.29) is 12.9 Å². The fraction of sp³-hybridized carbons (Fsp3) is 0.889. The molecule has 0 saturated heterocycles. The first kappa shape index (κ1) is 20.6. The van der Waals surface area contributed by atoms with E-state index in [2.05, 4.69) is 13.5 Å². The zero-order chi connectivity index (χ0) is 15.8. The molecule has 0 aromatic heterocycles. The average molecular weight is 300 g/mol. The van der Waals surface area contributed by atoms with Crippen molar-refractivity contribution in [2.75, 3.05) is 13.9 Å². The van der Waals surface area contributed by atoms with E-state index < -0.39 is 6.10 Å². The molecule has 0 aliphatic heterocycles. The second-order valence-electron chi connectivity index (χ2n) is 5.81. The van der Waals surface area contributed by atoms with E-state index in [0.29, 0.717) is 0 Å². The summed E-state index contributed by atoms with van der Waals surface area (Å²) in [6.45, 7) is 6.15. The van der Waals surface area contributed by atoms with E-state index in [1.165, 1.54) is 57.8 Å². The summed E-state index contributed by atoms with van der Waals surface area (Å²) in [5.74, 6) is 0. The highest BCUT2D eigenvalue weighted by molar-refractivity contribution is 4.85. The molecule has 0 spiro atoms. The van der Waals surface area contributed by atoms with Crippen molar-refractivity contribution in [3.63, 3.8) is 0 Å². The Kier molecular flexibility index (Phi) is 15.7. The van der Waals surface area contributed by atoms with Gasteiger partial charge in [-0.15, -0.1) is 6.58 Å². The van der Waals surface area contributed by atoms with Gasteiger partial charge in [-0.25, -0.2) is 0 Å². The molecule has 0 amide bonds. The second-order valence-corrected chi connectivity index (χ2v) is 5.81. The quantitative estimate of drug-likeness (QED) is 0.252. The van der Waals surface area contributed by atoms with Gasteiger partial charge in [0, 0.05) is 7.11 Å². The molecule has 0 aliphatic rings. The van der Waals surface area contributed by atoms with Gasteiger partial charge in [0.05, 0.1) is 6.10 Å². The Hall–Kier alpha value is -0.380. The Labute approximate surface area is 131 Å². The first-order valence-electron chi connectivity index (χ1n) is 8.67. The number of hydrogen-bond acceptors (Lipinski definition) is 3.